The number of carbonyl (C=O) groups excluding carboxylic acids is 3. The normalized spacial score (nSPS) is 13.9. The minimum Gasteiger partial charge on any atom is -0.481 e. The molecule has 2 atom stereocenters. The first kappa shape index (κ1) is 32.2. The number of nitrogens with one attached hydrogen (secondary N) is 2. The Morgan fingerprint density at radius 1 is 0.977 bits per heavy atom. The van der Waals surface area contributed by atoms with E-state index in [1.54, 1.807) is 24.3 Å². The van der Waals surface area contributed by atoms with E-state index < -0.39 is 41.7 Å². The molecule has 0 unspecified atom stereocenters. The average Bonchev–Trinajstić information content (AvgIpc) is 3.00. The summed E-state index contributed by atoms with van der Waals surface area (Å²) in [5.74, 6) is -3.26. The number of aromatic nitrogens is 1. The number of nitrogens with zero attached hydrogens (tertiary/aromatic N) is 1. The third-order valence-corrected chi connectivity index (χ3v) is 7.45. The summed E-state index contributed by atoms with van der Waals surface area (Å²) in [5.41, 5.74) is 0.669. The molecule has 10 nitrogen and oxygen atoms in total. The fourth-order valence-corrected chi connectivity index (χ4v) is 5.10. The van der Waals surface area contributed by atoms with Crippen molar-refractivity contribution in [2.24, 2.45) is 0 Å². The van der Waals surface area contributed by atoms with Gasteiger partial charge in [0.05, 0.1) is 22.0 Å². The number of carbonyl (C=O) groups is 4. The van der Waals surface area contributed by atoms with Gasteiger partial charge in [-0.1, -0.05) is 59.6 Å². The summed E-state index contributed by atoms with van der Waals surface area (Å²) in [7, 11) is 0. The van der Waals surface area contributed by atoms with Gasteiger partial charge in [0.2, 0.25) is 17.6 Å². The highest BCUT2D eigenvalue weighted by atomic mass is 35.5. The van der Waals surface area contributed by atoms with E-state index >= 15 is 0 Å². The highest BCUT2D eigenvalue weighted by Crippen LogP contribution is 2.35. The number of pyridine rings is 1. The molecule has 3 N–H and O–H groups in total. The van der Waals surface area contributed by atoms with E-state index in [2.05, 4.69) is 10.6 Å². The van der Waals surface area contributed by atoms with Crippen LogP contribution in [0.5, 0.6) is 0 Å². The molecule has 12 heteroatoms. The maximum atomic E-state index is 13.4. The van der Waals surface area contributed by atoms with Gasteiger partial charge in [-0.3, -0.25) is 24.0 Å². The number of hydrogen-bond acceptors (Lipinski definition) is 6. The van der Waals surface area contributed by atoms with Gasteiger partial charge in [-0.25, -0.2) is 0 Å². The van der Waals surface area contributed by atoms with E-state index in [1.165, 1.54) is 31.3 Å². The number of allylic oxidation sites excluding steroid dienone is 2. The van der Waals surface area contributed by atoms with Crippen molar-refractivity contribution in [1.82, 2.24) is 9.88 Å². The third kappa shape index (κ3) is 8.03. The maximum Gasteiger partial charge on any atom is 0.305 e. The van der Waals surface area contributed by atoms with E-state index in [0.717, 1.165) is 10.1 Å². The fraction of sp³-hybridized carbons (Fsp3) is 0.219. The molecule has 44 heavy (non-hydrogen) atoms. The summed E-state index contributed by atoms with van der Waals surface area (Å²) < 4.78 is 6.85. The number of ketones is 1. The average molecular weight is 639 g/mol. The minimum atomic E-state index is -1.51. The van der Waals surface area contributed by atoms with Crippen molar-refractivity contribution in [3.8, 4) is 0 Å². The maximum absolute atomic E-state index is 13.4. The highest BCUT2D eigenvalue weighted by molar-refractivity contribution is 6.37. The van der Waals surface area contributed by atoms with Crippen LogP contribution in [-0.4, -0.2) is 39.3 Å². The van der Waals surface area contributed by atoms with Crippen LogP contribution in [-0.2, 0) is 30.3 Å². The fourth-order valence-electron chi connectivity index (χ4n) is 4.51. The second-order valence-electron chi connectivity index (χ2n) is 9.94. The van der Waals surface area contributed by atoms with Gasteiger partial charge in [0.15, 0.2) is 5.76 Å². The monoisotopic (exact) mass is 637 g/mol. The van der Waals surface area contributed by atoms with E-state index in [1.807, 2.05) is 30.3 Å². The van der Waals surface area contributed by atoms with Crippen LogP contribution in [0.3, 0.4) is 0 Å². The number of benzene rings is 2. The van der Waals surface area contributed by atoms with Gasteiger partial charge in [0.1, 0.15) is 23.5 Å². The zero-order valence-electron chi connectivity index (χ0n) is 23.6. The van der Waals surface area contributed by atoms with Crippen molar-refractivity contribution in [1.29, 1.82) is 0 Å². The number of aryl methyl sites for hydroxylation is 1. The van der Waals surface area contributed by atoms with E-state index in [4.69, 9.17) is 27.9 Å². The van der Waals surface area contributed by atoms with E-state index in [-0.39, 0.29) is 36.0 Å². The number of anilines is 1. The second kappa shape index (κ2) is 14.7. The molecule has 4 rings (SSSR count). The van der Waals surface area contributed by atoms with Crippen LogP contribution in [0, 0.1) is 0 Å². The lowest BCUT2D eigenvalue weighted by molar-refractivity contribution is -0.140. The molecule has 3 aromatic rings. The molecule has 0 bridgehead atoms. The van der Waals surface area contributed by atoms with Crippen molar-refractivity contribution in [2.75, 3.05) is 5.32 Å². The Labute approximate surface area is 262 Å². The molecule has 2 amide bonds. The van der Waals surface area contributed by atoms with Gasteiger partial charge in [0, 0.05) is 12.6 Å². The molecule has 1 aromatic heterocycles. The van der Waals surface area contributed by atoms with Crippen LogP contribution in [0.4, 0.5) is 5.69 Å². The van der Waals surface area contributed by atoms with Crippen molar-refractivity contribution < 1.29 is 29.0 Å². The predicted molar refractivity (Wildman–Crippen MR) is 166 cm³/mol. The Kier molecular flexibility index (Phi) is 10.8. The Morgan fingerprint density at radius 2 is 1.68 bits per heavy atom. The van der Waals surface area contributed by atoms with Crippen LogP contribution in [0.25, 0.3) is 5.76 Å². The number of rotatable bonds is 12. The summed E-state index contributed by atoms with van der Waals surface area (Å²) in [5, 5.41) is 15.1. The number of hydrogen-bond donors (Lipinski definition) is 3. The topological polar surface area (TPSA) is 144 Å². The summed E-state index contributed by atoms with van der Waals surface area (Å²) in [6.07, 6.45) is 4.63. The summed E-state index contributed by atoms with van der Waals surface area (Å²) in [4.78, 5) is 63.9. The Balaban J connectivity index is 1.45. The van der Waals surface area contributed by atoms with Crippen LogP contribution in [0.15, 0.2) is 89.6 Å². The van der Waals surface area contributed by atoms with Crippen LogP contribution >= 0.6 is 23.2 Å². The van der Waals surface area contributed by atoms with Gasteiger partial charge >= 0.3 is 5.97 Å². The first-order valence-corrected chi connectivity index (χ1v) is 14.4. The zero-order chi connectivity index (χ0) is 31.8. The highest BCUT2D eigenvalue weighted by Gasteiger charge is 2.31. The van der Waals surface area contributed by atoms with Gasteiger partial charge in [0.25, 0.3) is 5.56 Å². The standard InChI is InChI=1S/C32H29Cl2N3O7/c1-19(37-17-7-12-23(32(37)43)35-27(38)16-15-20-8-3-2-4-9-20)31(42)36-24(18-28(39)40)30(41)26-14-6-13-25(44-26)29-21(33)10-5-11-22(29)34/h2-5,7-14,17,19,24H,6,15-16,18H2,1H3,(H,35,38)(H,36,42)(H,39,40)/t19-,24-/m0/s1. The molecule has 0 spiro atoms. The zero-order valence-corrected chi connectivity index (χ0v) is 25.1. The Morgan fingerprint density at radius 3 is 2.36 bits per heavy atom. The number of halogens is 2. The molecule has 2 heterocycles. The number of carboxylic acid groups (broad SMARTS) is 1. The van der Waals surface area contributed by atoms with E-state index in [0.29, 0.717) is 22.0 Å². The van der Waals surface area contributed by atoms with Gasteiger partial charge in [-0.15, -0.1) is 0 Å². The Bertz CT molecular complexity index is 1680. The molecule has 228 valence electrons. The van der Waals surface area contributed by atoms with Crippen LogP contribution in [0.1, 0.15) is 43.4 Å². The molecule has 0 aliphatic carbocycles. The largest absolute Gasteiger partial charge is 0.481 e. The molecule has 2 aromatic carbocycles. The quantitative estimate of drug-likeness (QED) is 0.249. The molecular formula is C32H29Cl2N3O7. The molecule has 0 saturated carbocycles. The minimum absolute atomic E-state index is 0.0262. The second-order valence-corrected chi connectivity index (χ2v) is 10.8. The predicted octanol–water partition coefficient (Wildman–Crippen LogP) is 5.16. The van der Waals surface area contributed by atoms with Crippen molar-refractivity contribution in [3.05, 3.63) is 116 Å². The SMILES string of the molecule is C[C@@H](C(=O)N[C@@H](CC(=O)O)C(=O)C1=CCC=C(c2c(Cl)cccc2Cl)O1)n1cccc(NC(=O)CCc2ccccc2)c1=O. The lowest BCUT2D eigenvalue weighted by atomic mass is 10.0. The smallest absolute Gasteiger partial charge is 0.305 e. The van der Waals surface area contributed by atoms with Gasteiger partial charge in [-0.05, 0) is 61.7 Å². The van der Waals surface area contributed by atoms with Crippen LogP contribution in [0.2, 0.25) is 10.0 Å². The third-order valence-electron chi connectivity index (χ3n) is 6.82. The summed E-state index contributed by atoms with van der Waals surface area (Å²) >= 11 is 12.6. The number of carboxylic acids is 1. The summed E-state index contributed by atoms with van der Waals surface area (Å²) in [6.45, 7) is 1.41. The van der Waals surface area contributed by atoms with Crippen LogP contribution < -0.4 is 16.2 Å². The first-order valence-electron chi connectivity index (χ1n) is 13.7. The molecular weight excluding hydrogens is 609 g/mol. The lowest BCUT2D eigenvalue weighted by Gasteiger charge is -2.23. The number of Topliss-reactive ketones (excluding diaryl/α,β-unsaturated/α-hetero) is 1. The number of aliphatic carboxylic acids is 1. The Hall–Kier alpha value is -4.67. The van der Waals surface area contributed by atoms with E-state index in [9.17, 15) is 29.1 Å². The molecule has 1 aliphatic heterocycles. The van der Waals surface area contributed by atoms with Gasteiger partial charge in [-0.2, -0.15) is 0 Å². The van der Waals surface area contributed by atoms with Gasteiger partial charge < -0.3 is 25.0 Å². The molecule has 0 radical (unpaired) electrons. The molecule has 1 aliphatic rings. The lowest BCUT2D eigenvalue weighted by Crippen LogP contribution is -2.46. The van der Waals surface area contributed by atoms with Crippen molar-refractivity contribution >= 4 is 58.2 Å². The van der Waals surface area contributed by atoms with Crippen molar-refractivity contribution in [3.63, 3.8) is 0 Å². The summed E-state index contributed by atoms with van der Waals surface area (Å²) in [6, 6.07) is 14.5. The molecule has 0 fully saturated rings. The molecule has 0 saturated heterocycles. The number of amides is 2. The van der Waals surface area contributed by atoms with Crippen molar-refractivity contribution in [2.45, 2.75) is 44.7 Å². The number of ether oxygens (including phenoxy) is 1. The first-order chi connectivity index (χ1) is 21.0.